The van der Waals surface area contributed by atoms with Crippen molar-refractivity contribution in [1.82, 2.24) is 14.8 Å². The third-order valence-electron chi connectivity index (χ3n) is 4.29. The van der Waals surface area contributed by atoms with E-state index in [1.807, 2.05) is 31.2 Å². The summed E-state index contributed by atoms with van der Waals surface area (Å²) in [5.74, 6) is -1.31. The molecule has 0 fully saturated rings. The summed E-state index contributed by atoms with van der Waals surface area (Å²) in [6.45, 7) is 3.31. The lowest BCUT2D eigenvalue weighted by atomic mass is 10.0. The Labute approximate surface area is 175 Å². The zero-order valence-electron chi connectivity index (χ0n) is 15.5. The highest BCUT2D eigenvalue weighted by Crippen LogP contribution is 2.36. The number of aryl methyl sites for hydroxylation is 1. The molecule has 1 unspecified atom stereocenters. The molecule has 3 heterocycles. The van der Waals surface area contributed by atoms with E-state index in [0.29, 0.717) is 21.3 Å². The van der Waals surface area contributed by atoms with Crippen molar-refractivity contribution in [3.8, 4) is 5.00 Å². The number of esters is 1. The smallest absolute Gasteiger partial charge is 0.304 e. The van der Waals surface area contributed by atoms with Crippen molar-refractivity contribution in [1.29, 1.82) is 0 Å². The number of halogens is 1. The lowest BCUT2D eigenvalue weighted by Gasteiger charge is -2.12. The quantitative estimate of drug-likeness (QED) is 0.640. The van der Waals surface area contributed by atoms with Gasteiger partial charge in [0.05, 0.1) is 5.71 Å². The third kappa shape index (κ3) is 3.43. The van der Waals surface area contributed by atoms with Crippen molar-refractivity contribution in [3.63, 3.8) is 0 Å². The minimum Gasteiger partial charge on any atom is -0.432 e. The predicted molar refractivity (Wildman–Crippen MR) is 109 cm³/mol. The molecule has 3 aromatic rings. The summed E-state index contributed by atoms with van der Waals surface area (Å²) >= 11 is 7.92. The SMILES string of the molecule is CCc1cc2c(s1)-n1nc(C(N)=O)nc1C(OC(C)=O)N=C2c1ccccc1Cl. The number of hydrogen-bond donors (Lipinski definition) is 1. The topological polar surface area (TPSA) is 112 Å². The molecule has 1 amide bonds. The van der Waals surface area contributed by atoms with E-state index in [1.54, 1.807) is 6.07 Å². The summed E-state index contributed by atoms with van der Waals surface area (Å²) in [5, 5.41) is 5.46. The molecule has 4 rings (SSSR count). The second-order valence-corrected chi connectivity index (χ2v) is 7.80. The molecular formula is C19H16ClN5O3S. The van der Waals surface area contributed by atoms with Gasteiger partial charge in [0.15, 0.2) is 5.82 Å². The first kappa shape index (κ1) is 19.3. The Morgan fingerprint density at radius 1 is 1.31 bits per heavy atom. The van der Waals surface area contributed by atoms with Gasteiger partial charge in [0.1, 0.15) is 5.00 Å². The summed E-state index contributed by atoms with van der Waals surface area (Å²) in [5.41, 5.74) is 7.37. The molecule has 8 nitrogen and oxygen atoms in total. The van der Waals surface area contributed by atoms with Crippen LogP contribution in [0.1, 0.15) is 52.5 Å². The number of thiophene rings is 1. The largest absolute Gasteiger partial charge is 0.432 e. The number of rotatable bonds is 4. The Hall–Kier alpha value is -3.04. The van der Waals surface area contributed by atoms with Crippen molar-refractivity contribution in [2.45, 2.75) is 26.5 Å². The number of hydrogen-bond acceptors (Lipinski definition) is 7. The zero-order valence-corrected chi connectivity index (χ0v) is 17.1. The van der Waals surface area contributed by atoms with Crippen molar-refractivity contribution in [3.05, 3.63) is 63.0 Å². The first-order valence-electron chi connectivity index (χ1n) is 8.79. The van der Waals surface area contributed by atoms with Crippen LogP contribution in [-0.2, 0) is 16.0 Å². The fourth-order valence-electron chi connectivity index (χ4n) is 3.02. The van der Waals surface area contributed by atoms with E-state index in [1.165, 1.54) is 22.9 Å². The summed E-state index contributed by atoms with van der Waals surface area (Å²) in [7, 11) is 0. The van der Waals surface area contributed by atoms with Crippen molar-refractivity contribution < 1.29 is 14.3 Å². The Morgan fingerprint density at radius 3 is 2.72 bits per heavy atom. The van der Waals surface area contributed by atoms with Crippen LogP contribution in [0.5, 0.6) is 0 Å². The molecule has 0 spiro atoms. The van der Waals surface area contributed by atoms with Gasteiger partial charge in [-0.1, -0.05) is 36.7 Å². The summed E-state index contributed by atoms with van der Waals surface area (Å²) in [4.78, 5) is 33.3. The maximum atomic E-state index is 11.7. The summed E-state index contributed by atoms with van der Waals surface area (Å²) < 4.78 is 6.87. The molecule has 1 aromatic carbocycles. The zero-order chi connectivity index (χ0) is 20.7. The molecule has 2 N–H and O–H groups in total. The van der Waals surface area contributed by atoms with Gasteiger partial charge in [-0.05, 0) is 18.6 Å². The van der Waals surface area contributed by atoms with Gasteiger partial charge in [-0.25, -0.2) is 14.7 Å². The number of amides is 1. The second-order valence-electron chi connectivity index (χ2n) is 6.27. The van der Waals surface area contributed by atoms with Crippen LogP contribution in [0.4, 0.5) is 0 Å². The van der Waals surface area contributed by atoms with Crippen LogP contribution in [0.15, 0.2) is 35.3 Å². The molecule has 10 heteroatoms. The van der Waals surface area contributed by atoms with E-state index >= 15 is 0 Å². The van der Waals surface area contributed by atoms with Gasteiger partial charge in [0.25, 0.3) is 12.1 Å². The van der Waals surface area contributed by atoms with E-state index in [-0.39, 0.29) is 11.6 Å². The van der Waals surface area contributed by atoms with Gasteiger partial charge in [-0.3, -0.25) is 9.59 Å². The second kappa shape index (κ2) is 7.41. The molecule has 0 radical (unpaired) electrons. The van der Waals surface area contributed by atoms with Gasteiger partial charge < -0.3 is 10.5 Å². The van der Waals surface area contributed by atoms with Gasteiger partial charge >= 0.3 is 5.97 Å². The molecule has 29 heavy (non-hydrogen) atoms. The molecular weight excluding hydrogens is 414 g/mol. The van der Waals surface area contributed by atoms with Gasteiger partial charge in [-0.2, -0.15) is 0 Å². The number of benzene rings is 1. The van der Waals surface area contributed by atoms with E-state index < -0.39 is 18.1 Å². The average molecular weight is 430 g/mol. The highest BCUT2D eigenvalue weighted by molar-refractivity contribution is 7.15. The Kier molecular flexibility index (Phi) is 4.93. The number of ether oxygens (including phenoxy) is 1. The van der Waals surface area contributed by atoms with E-state index in [4.69, 9.17) is 22.1 Å². The molecule has 0 aliphatic carbocycles. The number of aliphatic imine (C=N–C) groups is 1. The molecule has 2 aromatic heterocycles. The van der Waals surface area contributed by atoms with Crippen LogP contribution in [-0.4, -0.2) is 32.4 Å². The monoisotopic (exact) mass is 429 g/mol. The predicted octanol–water partition coefficient (Wildman–Crippen LogP) is 3.06. The van der Waals surface area contributed by atoms with Crippen LogP contribution >= 0.6 is 22.9 Å². The molecule has 0 bridgehead atoms. The summed E-state index contributed by atoms with van der Waals surface area (Å²) in [6.07, 6.45) is -0.308. The maximum Gasteiger partial charge on any atom is 0.304 e. The van der Waals surface area contributed by atoms with Crippen LogP contribution in [0.3, 0.4) is 0 Å². The highest BCUT2D eigenvalue weighted by Gasteiger charge is 2.32. The standard InChI is InChI=1S/C19H16ClN5O3S/c1-3-10-8-12-14(11-6-4-5-7-13(11)20)22-18(28-9(2)26)17-23-16(15(21)27)24-25(17)19(12)29-10/h4-8,18H,3H2,1-2H3,(H2,21,27). The van der Waals surface area contributed by atoms with E-state index in [0.717, 1.165) is 16.9 Å². The number of nitrogens with two attached hydrogens (primary N) is 1. The number of nitrogens with zero attached hydrogens (tertiary/aromatic N) is 4. The number of carbonyl (C=O) groups is 2. The first-order valence-corrected chi connectivity index (χ1v) is 9.98. The number of primary amides is 1. The van der Waals surface area contributed by atoms with Crippen LogP contribution in [0, 0.1) is 0 Å². The highest BCUT2D eigenvalue weighted by atomic mass is 35.5. The van der Waals surface area contributed by atoms with Crippen LogP contribution in [0.25, 0.3) is 5.00 Å². The fraction of sp³-hybridized carbons (Fsp3) is 0.211. The molecule has 1 aliphatic heterocycles. The first-order chi connectivity index (χ1) is 13.9. The maximum absolute atomic E-state index is 11.7. The van der Waals surface area contributed by atoms with Crippen LogP contribution < -0.4 is 5.73 Å². The van der Waals surface area contributed by atoms with Crippen molar-refractivity contribution in [2.24, 2.45) is 10.7 Å². The Bertz CT molecular complexity index is 1170. The lowest BCUT2D eigenvalue weighted by molar-refractivity contribution is -0.146. The molecule has 1 aliphatic rings. The molecule has 0 saturated carbocycles. The molecule has 1 atom stereocenters. The number of aromatic nitrogens is 3. The average Bonchev–Trinajstić information content (AvgIpc) is 3.28. The van der Waals surface area contributed by atoms with Crippen molar-refractivity contribution >= 4 is 40.5 Å². The van der Waals surface area contributed by atoms with E-state index in [9.17, 15) is 9.59 Å². The third-order valence-corrected chi connectivity index (χ3v) is 5.87. The normalized spacial score (nSPS) is 15.1. The minimum atomic E-state index is -1.11. The summed E-state index contributed by atoms with van der Waals surface area (Å²) in [6, 6.07) is 9.28. The Morgan fingerprint density at radius 2 is 2.07 bits per heavy atom. The number of fused-ring (bicyclic) bond motifs is 3. The van der Waals surface area contributed by atoms with Gasteiger partial charge in [-0.15, -0.1) is 16.4 Å². The minimum absolute atomic E-state index is 0.175. The van der Waals surface area contributed by atoms with Gasteiger partial charge in [0, 0.05) is 28.0 Å². The van der Waals surface area contributed by atoms with E-state index in [2.05, 4.69) is 15.1 Å². The molecule has 0 saturated heterocycles. The Balaban J connectivity index is 2.02. The lowest BCUT2D eigenvalue weighted by Crippen LogP contribution is -2.14. The van der Waals surface area contributed by atoms with Crippen molar-refractivity contribution in [2.75, 3.05) is 0 Å². The van der Waals surface area contributed by atoms with Crippen LogP contribution in [0.2, 0.25) is 5.02 Å². The number of carbonyl (C=O) groups excluding carboxylic acids is 2. The fourth-order valence-corrected chi connectivity index (χ4v) is 4.30. The molecule has 148 valence electrons. The van der Waals surface area contributed by atoms with Gasteiger partial charge in [0.2, 0.25) is 5.82 Å².